The molecule has 1 aromatic carbocycles. The van der Waals surface area contributed by atoms with Crippen molar-refractivity contribution < 1.29 is 0 Å². The lowest BCUT2D eigenvalue weighted by molar-refractivity contribution is 0.589. The van der Waals surface area contributed by atoms with Crippen molar-refractivity contribution in [2.75, 3.05) is 6.54 Å². The highest BCUT2D eigenvalue weighted by atomic mass is 32.1. The molecule has 0 aliphatic heterocycles. The monoisotopic (exact) mass is 303 g/mol. The van der Waals surface area contributed by atoms with Gasteiger partial charge in [0.25, 0.3) is 0 Å². The van der Waals surface area contributed by atoms with Gasteiger partial charge in [0.05, 0.1) is 6.04 Å². The molecule has 114 valence electrons. The van der Waals surface area contributed by atoms with Crippen LogP contribution in [0.15, 0.2) is 30.3 Å². The molecular formula is C17H25N3S. The topological polar surface area (TPSA) is 37.8 Å². The van der Waals surface area contributed by atoms with Gasteiger partial charge in [0.15, 0.2) is 0 Å². The maximum atomic E-state index is 4.47. The lowest BCUT2D eigenvalue weighted by Gasteiger charge is -2.16. The van der Waals surface area contributed by atoms with E-state index in [9.17, 15) is 0 Å². The molecule has 0 aliphatic carbocycles. The largest absolute Gasteiger partial charge is 0.304 e. The van der Waals surface area contributed by atoms with Crippen LogP contribution in [0.5, 0.6) is 0 Å². The highest BCUT2D eigenvalue weighted by molar-refractivity contribution is 7.11. The van der Waals surface area contributed by atoms with Crippen LogP contribution in [-0.2, 0) is 0 Å². The average molecular weight is 303 g/mol. The molecule has 0 aliphatic rings. The molecule has 0 amide bonds. The third-order valence-corrected chi connectivity index (χ3v) is 4.92. The van der Waals surface area contributed by atoms with E-state index in [1.165, 1.54) is 10.6 Å². The summed E-state index contributed by atoms with van der Waals surface area (Å²) in [6, 6.07) is 10.7. The van der Waals surface area contributed by atoms with Crippen LogP contribution in [0.25, 0.3) is 0 Å². The lowest BCUT2D eigenvalue weighted by atomic mass is 10.1. The van der Waals surface area contributed by atoms with Gasteiger partial charge in [-0.2, -0.15) is 0 Å². The molecule has 0 bridgehead atoms. The van der Waals surface area contributed by atoms with E-state index in [2.05, 4.69) is 66.6 Å². The van der Waals surface area contributed by atoms with Crippen LogP contribution < -0.4 is 5.32 Å². The summed E-state index contributed by atoms with van der Waals surface area (Å²) in [6.45, 7) is 7.61. The molecule has 1 aromatic heterocycles. The van der Waals surface area contributed by atoms with Crippen LogP contribution >= 0.6 is 11.3 Å². The van der Waals surface area contributed by atoms with Gasteiger partial charge in [-0.3, -0.25) is 0 Å². The molecule has 1 N–H and O–H groups in total. The summed E-state index contributed by atoms with van der Waals surface area (Å²) >= 11 is 1.76. The van der Waals surface area contributed by atoms with E-state index < -0.39 is 0 Å². The molecule has 0 spiro atoms. The first-order valence-corrected chi connectivity index (χ1v) is 8.73. The van der Waals surface area contributed by atoms with Crippen molar-refractivity contribution in [2.45, 2.75) is 52.0 Å². The molecule has 3 nitrogen and oxygen atoms in total. The van der Waals surface area contributed by atoms with E-state index in [0.29, 0.717) is 5.92 Å². The van der Waals surface area contributed by atoms with Crippen molar-refractivity contribution in [3.63, 3.8) is 0 Å². The van der Waals surface area contributed by atoms with Crippen molar-refractivity contribution in [2.24, 2.45) is 0 Å². The van der Waals surface area contributed by atoms with Gasteiger partial charge in [-0.05, 0) is 31.4 Å². The number of hydrogen-bond acceptors (Lipinski definition) is 4. The Morgan fingerprint density at radius 3 is 2.29 bits per heavy atom. The third kappa shape index (κ3) is 4.11. The highest BCUT2D eigenvalue weighted by Crippen LogP contribution is 2.30. The Morgan fingerprint density at radius 1 is 1.00 bits per heavy atom. The Balaban J connectivity index is 2.25. The number of rotatable bonds is 8. The zero-order chi connectivity index (χ0) is 15.1. The van der Waals surface area contributed by atoms with Gasteiger partial charge < -0.3 is 5.32 Å². The van der Waals surface area contributed by atoms with Crippen molar-refractivity contribution >= 4 is 11.3 Å². The predicted octanol–water partition coefficient (Wildman–Crippen LogP) is 4.53. The molecule has 2 aromatic rings. The Morgan fingerprint density at radius 2 is 1.67 bits per heavy atom. The smallest absolute Gasteiger partial charge is 0.139 e. The zero-order valence-electron chi connectivity index (χ0n) is 13.2. The fourth-order valence-corrected chi connectivity index (χ4v) is 3.66. The summed E-state index contributed by atoms with van der Waals surface area (Å²) in [5, 5.41) is 14.8. The Kier molecular flexibility index (Phi) is 6.33. The minimum atomic E-state index is 0.159. The third-order valence-electron chi connectivity index (χ3n) is 3.77. The first-order valence-electron chi connectivity index (χ1n) is 7.91. The van der Waals surface area contributed by atoms with Gasteiger partial charge in [0.1, 0.15) is 10.0 Å². The van der Waals surface area contributed by atoms with E-state index >= 15 is 0 Å². The standard InChI is InChI=1S/C17H25N3S/c1-4-12-18-15(14-10-8-7-9-11-14)17-20-19-16(21-17)13(5-2)6-3/h7-11,13,15,18H,4-6,12H2,1-3H3. The number of nitrogens with one attached hydrogen (secondary N) is 1. The molecule has 1 atom stereocenters. The summed E-state index contributed by atoms with van der Waals surface area (Å²) in [5.74, 6) is 0.541. The van der Waals surface area contributed by atoms with Gasteiger partial charge in [0, 0.05) is 5.92 Å². The zero-order valence-corrected chi connectivity index (χ0v) is 14.0. The molecule has 21 heavy (non-hydrogen) atoms. The van der Waals surface area contributed by atoms with Crippen LogP contribution in [0.1, 0.15) is 67.6 Å². The normalized spacial score (nSPS) is 12.8. The second-order valence-electron chi connectivity index (χ2n) is 5.29. The molecule has 4 heteroatoms. The molecule has 0 saturated carbocycles. The number of nitrogens with zero attached hydrogens (tertiary/aromatic N) is 2. The van der Waals surface area contributed by atoms with Gasteiger partial charge in [-0.25, -0.2) is 0 Å². The summed E-state index contributed by atoms with van der Waals surface area (Å²) in [5.41, 5.74) is 1.26. The van der Waals surface area contributed by atoms with Crippen molar-refractivity contribution in [1.29, 1.82) is 0 Å². The molecule has 1 heterocycles. The van der Waals surface area contributed by atoms with E-state index in [0.717, 1.165) is 30.8 Å². The van der Waals surface area contributed by atoms with Gasteiger partial charge in [-0.15, -0.1) is 10.2 Å². The van der Waals surface area contributed by atoms with Crippen molar-refractivity contribution in [1.82, 2.24) is 15.5 Å². The van der Waals surface area contributed by atoms with Crippen LogP contribution in [0.4, 0.5) is 0 Å². The highest BCUT2D eigenvalue weighted by Gasteiger charge is 2.20. The predicted molar refractivity (Wildman–Crippen MR) is 89.8 cm³/mol. The summed E-state index contributed by atoms with van der Waals surface area (Å²) in [6.07, 6.45) is 3.37. The Bertz CT molecular complexity index is 520. The molecule has 0 saturated heterocycles. The fraction of sp³-hybridized carbons (Fsp3) is 0.529. The van der Waals surface area contributed by atoms with E-state index in [4.69, 9.17) is 0 Å². The summed E-state index contributed by atoms with van der Waals surface area (Å²) in [4.78, 5) is 0. The second-order valence-corrected chi connectivity index (χ2v) is 6.33. The SMILES string of the molecule is CCCNC(c1ccccc1)c1nnc(C(CC)CC)s1. The molecule has 0 radical (unpaired) electrons. The van der Waals surface area contributed by atoms with Crippen molar-refractivity contribution in [3.8, 4) is 0 Å². The lowest BCUT2D eigenvalue weighted by Crippen LogP contribution is -2.23. The van der Waals surface area contributed by atoms with Gasteiger partial charge in [-0.1, -0.05) is 62.4 Å². The molecule has 2 rings (SSSR count). The van der Waals surface area contributed by atoms with E-state index in [1.54, 1.807) is 11.3 Å². The number of hydrogen-bond donors (Lipinski definition) is 1. The Hall–Kier alpha value is -1.26. The van der Waals surface area contributed by atoms with E-state index in [1.807, 2.05) is 0 Å². The maximum absolute atomic E-state index is 4.47. The first-order chi connectivity index (χ1) is 10.3. The van der Waals surface area contributed by atoms with Crippen LogP contribution in [0, 0.1) is 0 Å². The minimum Gasteiger partial charge on any atom is -0.304 e. The van der Waals surface area contributed by atoms with Crippen LogP contribution in [-0.4, -0.2) is 16.7 Å². The van der Waals surface area contributed by atoms with Crippen molar-refractivity contribution in [3.05, 3.63) is 45.9 Å². The molecule has 0 fully saturated rings. The Labute approximate surface area is 131 Å². The second kappa shape index (κ2) is 8.25. The van der Waals surface area contributed by atoms with Crippen LogP contribution in [0.2, 0.25) is 0 Å². The summed E-state index contributed by atoms with van der Waals surface area (Å²) < 4.78 is 0. The van der Waals surface area contributed by atoms with Gasteiger partial charge >= 0.3 is 0 Å². The molecule has 1 unspecified atom stereocenters. The number of aromatic nitrogens is 2. The number of benzene rings is 1. The average Bonchev–Trinajstić information content (AvgIpc) is 3.00. The minimum absolute atomic E-state index is 0.159. The first kappa shape index (κ1) is 16.1. The maximum Gasteiger partial charge on any atom is 0.139 e. The summed E-state index contributed by atoms with van der Waals surface area (Å²) in [7, 11) is 0. The van der Waals surface area contributed by atoms with E-state index in [-0.39, 0.29) is 6.04 Å². The van der Waals surface area contributed by atoms with Crippen LogP contribution in [0.3, 0.4) is 0 Å². The van der Waals surface area contributed by atoms with Gasteiger partial charge in [0.2, 0.25) is 0 Å². The molecular weight excluding hydrogens is 278 g/mol. The fourth-order valence-electron chi connectivity index (χ4n) is 2.45. The quantitative estimate of drug-likeness (QED) is 0.778.